The van der Waals surface area contributed by atoms with E-state index in [0.717, 1.165) is 36.3 Å². The molecule has 0 unspecified atom stereocenters. The molecule has 4 nitrogen and oxygen atoms in total. The summed E-state index contributed by atoms with van der Waals surface area (Å²) in [5.41, 5.74) is 7.63. The monoisotopic (exact) mass is 290 g/mol. The van der Waals surface area contributed by atoms with Crippen LogP contribution in [0.4, 0.5) is 0 Å². The topological polar surface area (TPSA) is 55.6 Å². The molecule has 1 amide bonds. The van der Waals surface area contributed by atoms with E-state index in [1.54, 1.807) is 0 Å². The summed E-state index contributed by atoms with van der Waals surface area (Å²) >= 11 is 0. The molecule has 0 aromatic heterocycles. The van der Waals surface area contributed by atoms with Crippen molar-refractivity contribution in [2.45, 2.75) is 33.6 Å². The third-order valence-corrected chi connectivity index (χ3v) is 3.89. The van der Waals surface area contributed by atoms with Gasteiger partial charge in [-0.15, -0.1) is 0 Å². The van der Waals surface area contributed by atoms with E-state index in [4.69, 9.17) is 10.5 Å². The van der Waals surface area contributed by atoms with E-state index < -0.39 is 0 Å². The number of amides is 1. The Labute approximate surface area is 127 Å². The molecule has 0 spiro atoms. The third kappa shape index (κ3) is 3.76. The van der Waals surface area contributed by atoms with Crippen LogP contribution in [0.25, 0.3) is 0 Å². The first-order valence-corrected chi connectivity index (χ1v) is 7.72. The molecule has 0 radical (unpaired) electrons. The highest BCUT2D eigenvalue weighted by Gasteiger charge is 2.25. The lowest BCUT2D eigenvalue weighted by Gasteiger charge is -2.32. The van der Waals surface area contributed by atoms with E-state index in [2.05, 4.69) is 20.8 Å². The van der Waals surface area contributed by atoms with Gasteiger partial charge in [0.1, 0.15) is 5.75 Å². The van der Waals surface area contributed by atoms with Gasteiger partial charge in [0, 0.05) is 25.1 Å². The molecule has 0 saturated carbocycles. The number of fused-ring (bicyclic) bond motifs is 1. The normalized spacial score (nSPS) is 13.7. The predicted octanol–water partition coefficient (Wildman–Crippen LogP) is 2.46. The molecule has 1 aromatic carbocycles. The zero-order chi connectivity index (χ0) is 15.5. The second kappa shape index (κ2) is 6.48. The summed E-state index contributed by atoms with van der Waals surface area (Å²) in [5, 5.41) is 0. The van der Waals surface area contributed by atoms with Gasteiger partial charge >= 0.3 is 0 Å². The van der Waals surface area contributed by atoms with Gasteiger partial charge in [0.25, 0.3) is 5.91 Å². The zero-order valence-corrected chi connectivity index (χ0v) is 13.3. The molecule has 2 rings (SSSR count). The highest BCUT2D eigenvalue weighted by atomic mass is 16.5. The van der Waals surface area contributed by atoms with Gasteiger partial charge in [-0.25, -0.2) is 0 Å². The van der Waals surface area contributed by atoms with Crippen LogP contribution in [0, 0.1) is 5.41 Å². The quantitative estimate of drug-likeness (QED) is 0.875. The van der Waals surface area contributed by atoms with Gasteiger partial charge in [-0.1, -0.05) is 20.8 Å². The summed E-state index contributed by atoms with van der Waals surface area (Å²) in [7, 11) is 0. The van der Waals surface area contributed by atoms with Crippen LogP contribution in [-0.2, 0) is 6.42 Å². The Kier molecular flexibility index (Phi) is 4.88. The molecular weight excluding hydrogens is 264 g/mol. The van der Waals surface area contributed by atoms with E-state index in [1.165, 1.54) is 0 Å². The fraction of sp³-hybridized carbons (Fsp3) is 0.588. The number of carbonyl (C=O) groups excluding carboxylic acids is 1. The van der Waals surface area contributed by atoms with E-state index in [0.29, 0.717) is 19.7 Å². The lowest BCUT2D eigenvalue weighted by molar-refractivity contribution is 0.0689. The first kappa shape index (κ1) is 15.8. The van der Waals surface area contributed by atoms with Crippen LogP contribution in [0.1, 0.15) is 43.1 Å². The number of nitrogens with two attached hydrogens (primary N) is 1. The molecule has 1 heterocycles. The largest absolute Gasteiger partial charge is 0.493 e. The maximum Gasteiger partial charge on any atom is 0.253 e. The van der Waals surface area contributed by atoms with Gasteiger partial charge in [0.2, 0.25) is 0 Å². The highest BCUT2D eigenvalue weighted by molar-refractivity contribution is 5.94. The zero-order valence-electron chi connectivity index (χ0n) is 13.3. The Morgan fingerprint density at radius 2 is 2.19 bits per heavy atom. The molecule has 1 aliphatic rings. The fourth-order valence-corrected chi connectivity index (χ4v) is 2.61. The van der Waals surface area contributed by atoms with E-state index >= 15 is 0 Å². The van der Waals surface area contributed by atoms with Crippen molar-refractivity contribution in [3.63, 3.8) is 0 Å². The molecule has 21 heavy (non-hydrogen) atoms. The number of benzene rings is 1. The average molecular weight is 290 g/mol. The number of hydrogen-bond donors (Lipinski definition) is 1. The van der Waals surface area contributed by atoms with Crippen LogP contribution in [0.5, 0.6) is 5.75 Å². The van der Waals surface area contributed by atoms with Gasteiger partial charge in [0.05, 0.1) is 6.61 Å². The molecule has 0 bridgehead atoms. The molecule has 0 fully saturated rings. The van der Waals surface area contributed by atoms with Crippen LogP contribution in [0.2, 0.25) is 0 Å². The van der Waals surface area contributed by atoms with Crippen molar-refractivity contribution >= 4 is 5.91 Å². The molecule has 116 valence electrons. The predicted molar refractivity (Wildman–Crippen MR) is 84.7 cm³/mol. The molecule has 1 aromatic rings. The Bertz CT molecular complexity index is 512. The minimum atomic E-state index is -0.0648. The summed E-state index contributed by atoms with van der Waals surface area (Å²) in [5.74, 6) is 1.00. The second-order valence-corrected chi connectivity index (χ2v) is 6.52. The molecule has 0 atom stereocenters. The number of carbonyl (C=O) groups is 1. The smallest absolute Gasteiger partial charge is 0.253 e. The number of rotatable bonds is 6. The van der Waals surface area contributed by atoms with Crippen LogP contribution < -0.4 is 10.5 Å². The lowest BCUT2D eigenvalue weighted by Crippen LogP contribution is -2.42. The first-order valence-electron chi connectivity index (χ1n) is 7.72. The summed E-state index contributed by atoms with van der Waals surface area (Å²) < 4.78 is 5.50. The van der Waals surface area contributed by atoms with Gasteiger partial charge in [-0.3, -0.25) is 4.79 Å². The molecule has 0 aliphatic carbocycles. The fourth-order valence-electron chi connectivity index (χ4n) is 2.61. The molecule has 1 aliphatic heterocycles. The van der Waals surface area contributed by atoms with E-state index in [-0.39, 0.29) is 11.3 Å². The minimum Gasteiger partial charge on any atom is -0.493 e. The molecular formula is C17H26N2O2. The maximum atomic E-state index is 12.8. The van der Waals surface area contributed by atoms with Crippen molar-refractivity contribution in [2.75, 3.05) is 26.2 Å². The second-order valence-electron chi connectivity index (χ2n) is 6.52. The van der Waals surface area contributed by atoms with Gasteiger partial charge in [-0.05, 0) is 42.1 Å². The van der Waals surface area contributed by atoms with Crippen molar-refractivity contribution in [3.8, 4) is 5.75 Å². The van der Waals surface area contributed by atoms with Crippen LogP contribution in [-0.4, -0.2) is 37.0 Å². The summed E-state index contributed by atoms with van der Waals surface area (Å²) in [6.07, 6.45) is 1.83. The number of ether oxygens (including phenoxy) is 1. The molecule has 2 N–H and O–H groups in total. The first-order chi connectivity index (χ1) is 9.96. The van der Waals surface area contributed by atoms with Crippen LogP contribution in [0.15, 0.2) is 18.2 Å². The van der Waals surface area contributed by atoms with E-state index in [1.807, 2.05) is 23.1 Å². The Balaban J connectivity index is 2.18. The minimum absolute atomic E-state index is 0.0648. The van der Waals surface area contributed by atoms with E-state index in [9.17, 15) is 4.79 Å². The van der Waals surface area contributed by atoms with Crippen molar-refractivity contribution in [1.29, 1.82) is 0 Å². The van der Waals surface area contributed by atoms with Gasteiger partial charge in [-0.2, -0.15) is 0 Å². The van der Waals surface area contributed by atoms with Gasteiger partial charge < -0.3 is 15.4 Å². The Morgan fingerprint density at radius 1 is 1.43 bits per heavy atom. The summed E-state index contributed by atoms with van der Waals surface area (Å²) in [6.45, 7) is 9.01. The Hall–Kier alpha value is -1.55. The van der Waals surface area contributed by atoms with Crippen molar-refractivity contribution in [1.82, 2.24) is 4.90 Å². The summed E-state index contributed by atoms with van der Waals surface area (Å²) in [4.78, 5) is 14.7. The molecule has 0 saturated heterocycles. The maximum absolute atomic E-state index is 12.8. The third-order valence-electron chi connectivity index (χ3n) is 3.89. The van der Waals surface area contributed by atoms with Crippen molar-refractivity contribution < 1.29 is 9.53 Å². The van der Waals surface area contributed by atoms with Crippen molar-refractivity contribution in [2.24, 2.45) is 11.1 Å². The molecule has 4 heteroatoms. The van der Waals surface area contributed by atoms with Gasteiger partial charge in [0.15, 0.2) is 0 Å². The number of nitrogens with zero attached hydrogens (tertiary/aromatic N) is 1. The highest BCUT2D eigenvalue weighted by Crippen LogP contribution is 2.27. The van der Waals surface area contributed by atoms with Crippen LogP contribution in [0.3, 0.4) is 0 Å². The number of hydrogen-bond acceptors (Lipinski definition) is 3. The SMILES string of the molecule is CCCN(CC(C)(C)CN)C(=O)c1ccc2c(c1)CCO2. The Morgan fingerprint density at radius 3 is 2.86 bits per heavy atom. The van der Waals surface area contributed by atoms with Crippen LogP contribution >= 0.6 is 0 Å². The average Bonchev–Trinajstić information content (AvgIpc) is 2.93. The standard InChI is InChI=1S/C17H26N2O2/c1-4-8-19(12-17(2,3)11-18)16(20)14-5-6-15-13(10-14)7-9-21-15/h5-6,10H,4,7-9,11-12,18H2,1-3H3. The van der Waals surface area contributed by atoms with Crippen molar-refractivity contribution in [3.05, 3.63) is 29.3 Å². The summed E-state index contributed by atoms with van der Waals surface area (Å²) in [6, 6.07) is 5.75. The lowest BCUT2D eigenvalue weighted by atomic mass is 9.92.